The molecule has 1 rings (SSSR count). The highest BCUT2D eigenvalue weighted by molar-refractivity contribution is 7.79. The summed E-state index contributed by atoms with van der Waals surface area (Å²) in [4.78, 5) is 0. The third kappa shape index (κ3) is 1.35. The van der Waals surface area contributed by atoms with E-state index in [1.165, 1.54) is 0 Å². The van der Waals surface area contributed by atoms with E-state index in [2.05, 4.69) is 17.2 Å². The zero-order valence-corrected chi connectivity index (χ0v) is 8.44. The van der Waals surface area contributed by atoms with E-state index in [0.717, 1.165) is 0 Å². The number of nitrogens with zero attached hydrogens (tertiary/aromatic N) is 1. The molecule has 0 amide bonds. The van der Waals surface area contributed by atoms with Crippen LogP contribution in [0.5, 0.6) is 0 Å². The number of hydrogen-bond acceptors (Lipinski definition) is 5. The number of nitrogens with one attached hydrogen (secondary N) is 1. The SMILES string of the molecule is CC1=C(N)C(N)=C(C)/C(=N/S)C1=N. The lowest BCUT2D eigenvalue weighted by atomic mass is 9.92. The fourth-order valence-electron chi connectivity index (χ4n) is 1.16. The van der Waals surface area contributed by atoms with E-state index < -0.39 is 0 Å². The van der Waals surface area contributed by atoms with Crippen LogP contribution in [0, 0.1) is 5.41 Å². The van der Waals surface area contributed by atoms with Crippen LogP contribution in [0.25, 0.3) is 0 Å². The van der Waals surface area contributed by atoms with Crippen molar-refractivity contribution >= 4 is 24.2 Å². The first-order chi connectivity index (χ1) is 6.00. The van der Waals surface area contributed by atoms with Crippen molar-refractivity contribution in [1.82, 2.24) is 0 Å². The molecule has 0 bridgehead atoms. The Morgan fingerprint density at radius 2 is 1.62 bits per heavy atom. The molecule has 13 heavy (non-hydrogen) atoms. The second-order valence-corrected chi connectivity index (χ2v) is 3.10. The lowest BCUT2D eigenvalue weighted by Gasteiger charge is -2.19. The molecule has 0 aromatic carbocycles. The fourth-order valence-corrected chi connectivity index (χ4v) is 1.41. The van der Waals surface area contributed by atoms with Gasteiger partial charge in [-0.05, 0) is 26.7 Å². The summed E-state index contributed by atoms with van der Waals surface area (Å²) in [5.74, 6) is 0. The number of allylic oxidation sites excluding steroid dienone is 2. The largest absolute Gasteiger partial charge is 0.397 e. The molecule has 0 heterocycles. The van der Waals surface area contributed by atoms with Crippen molar-refractivity contribution in [2.75, 3.05) is 0 Å². The van der Waals surface area contributed by atoms with Gasteiger partial charge in [-0.2, -0.15) is 0 Å². The van der Waals surface area contributed by atoms with Gasteiger partial charge in [-0.3, -0.25) is 5.41 Å². The zero-order chi connectivity index (χ0) is 10.2. The average Bonchev–Trinajstić information content (AvgIpc) is 2.13. The minimum atomic E-state index is 0.291. The normalized spacial score (nSPS) is 21.8. The minimum absolute atomic E-state index is 0.291. The van der Waals surface area contributed by atoms with Crippen molar-refractivity contribution in [3.63, 3.8) is 0 Å². The first kappa shape index (κ1) is 9.85. The maximum Gasteiger partial charge on any atom is 0.101 e. The Bertz CT molecular complexity index is 358. The van der Waals surface area contributed by atoms with Crippen LogP contribution in [0.15, 0.2) is 26.9 Å². The molecule has 0 fully saturated rings. The summed E-state index contributed by atoms with van der Waals surface area (Å²) in [6.45, 7) is 3.52. The molecule has 0 aromatic heterocycles. The van der Waals surface area contributed by atoms with Gasteiger partial charge in [-0.1, -0.05) is 0 Å². The Morgan fingerprint density at radius 3 is 2.08 bits per heavy atom. The van der Waals surface area contributed by atoms with Gasteiger partial charge in [-0.15, -0.1) is 0 Å². The maximum absolute atomic E-state index is 7.70. The van der Waals surface area contributed by atoms with Gasteiger partial charge < -0.3 is 11.5 Å². The van der Waals surface area contributed by atoms with Crippen LogP contribution < -0.4 is 11.5 Å². The number of thiol groups is 1. The highest BCUT2D eigenvalue weighted by Crippen LogP contribution is 2.20. The Morgan fingerprint density at radius 1 is 1.15 bits per heavy atom. The van der Waals surface area contributed by atoms with Gasteiger partial charge in [0.15, 0.2) is 0 Å². The van der Waals surface area contributed by atoms with Crippen molar-refractivity contribution < 1.29 is 0 Å². The van der Waals surface area contributed by atoms with Crippen LogP contribution in [-0.4, -0.2) is 11.4 Å². The van der Waals surface area contributed by atoms with Gasteiger partial charge in [0.25, 0.3) is 0 Å². The van der Waals surface area contributed by atoms with Gasteiger partial charge in [-0.25, -0.2) is 4.40 Å². The quantitative estimate of drug-likeness (QED) is 0.340. The maximum atomic E-state index is 7.70. The molecule has 0 radical (unpaired) electrons. The van der Waals surface area contributed by atoms with Crippen molar-refractivity contribution in [1.29, 1.82) is 5.41 Å². The van der Waals surface area contributed by atoms with Gasteiger partial charge in [0.2, 0.25) is 0 Å². The van der Waals surface area contributed by atoms with E-state index in [-0.39, 0.29) is 0 Å². The second kappa shape index (κ2) is 3.26. The third-order valence-electron chi connectivity index (χ3n) is 2.17. The highest BCUT2D eigenvalue weighted by Gasteiger charge is 2.22. The van der Waals surface area contributed by atoms with E-state index in [4.69, 9.17) is 16.9 Å². The number of rotatable bonds is 0. The molecule has 0 spiro atoms. The van der Waals surface area contributed by atoms with E-state index in [1.807, 2.05) is 0 Å². The molecular weight excluding hydrogens is 184 g/mol. The third-order valence-corrected chi connectivity index (χ3v) is 2.37. The van der Waals surface area contributed by atoms with E-state index >= 15 is 0 Å². The fraction of sp³-hybridized carbons (Fsp3) is 0.250. The van der Waals surface area contributed by atoms with Gasteiger partial charge in [0.1, 0.15) is 5.71 Å². The van der Waals surface area contributed by atoms with Crippen LogP contribution in [-0.2, 0) is 0 Å². The predicted octanol–water partition coefficient (Wildman–Crippen LogP) is 0.771. The minimum Gasteiger partial charge on any atom is -0.397 e. The topological polar surface area (TPSA) is 88.2 Å². The molecule has 0 saturated carbocycles. The summed E-state index contributed by atoms with van der Waals surface area (Å²) in [6, 6.07) is 0. The molecule has 70 valence electrons. The second-order valence-electron chi connectivity index (χ2n) is 2.90. The Labute approximate surface area is 82.5 Å². The molecule has 4 nitrogen and oxygen atoms in total. The lowest BCUT2D eigenvalue weighted by molar-refractivity contribution is 1.17. The summed E-state index contributed by atoms with van der Waals surface area (Å²) >= 11 is 3.79. The van der Waals surface area contributed by atoms with Crippen molar-refractivity contribution in [3.05, 3.63) is 22.5 Å². The van der Waals surface area contributed by atoms with Gasteiger partial charge in [0.05, 0.1) is 17.1 Å². The van der Waals surface area contributed by atoms with Crippen LogP contribution in [0.2, 0.25) is 0 Å². The number of nitrogens with two attached hydrogens (primary N) is 2. The van der Waals surface area contributed by atoms with Crippen LogP contribution in [0.3, 0.4) is 0 Å². The van der Waals surface area contributed by atoms with Crippen molar-refractivity contribution in [3.8, 4) is 0 Å². The first-order valence-electron chi connectivity index (χ1n) is 3.75. The predicted molar refractivity (Wildman–Crippen MR) is 57.9 cm³/mol. The summed E-state index contributed by atoms with van der Waals surface area (Å²) in [6.07, 6.45) is 0. The van der Waals surface area contributed by atoms with Crippen molar-refractivity contribution in [2.45, 2.75) is 13.8 Å². The molecule has 1 aliphatic carbocycles. The summed E-state index contributed by atoms with van der Waals surface area (Å²) in [7, 11) is 0. The molecule has 0 atom stereocenters. The van der Waals surface area contributed by atoms with Crippen LogP contribution >= 0.6 is 12.8 Å². The Balaban J connectivity index is 3.41. The standard InChI is InChI=1S/C8H12N4S/c1-3-5(9)6(10)4(2)8(12-13)7(3)11/h11,13H,9-10H2,1-2H3/b11-7?,12-8-. The summed E-state index contributed by atoms with van der Waals surface area (Å²) < 4.78 is 3.70. The van der Waals surface area contributed by atoms with E-state index in [9.17, 15) is 0 Å². The molecule has 0 saturated heterocycles. The van der Waals surface area contributed by atoms with Gasteiger partial charge in [0, 0.05) is 11.1 Å². The summed E-state index contributed by atoms with van der Waals surface area (Å²) in [5.41, 5.74) is 14.5. The Kier molecular flexibility index (Phi) is 2.47. The molecule has 5 N–H and O–H groups in total. The van der Waals surface area contributed by atoms with Crippen LogP contribution in [0.4, 0.5) is 0 Å². The van der Waals surface area contributed by atoms with E-state index in [0.29, 0.717) is 34.0 Å². The molecule has 0 unspecified atom stereocenters. The molecule has 5 heteroatoms. The van der Waals surface area contributed by atoms with E-state index in [1.54, 1.807) is 13.8 Å². The smallest absolute Gasteiger partial charge is 0.101 e. The zero-order valence-electron chi connectivity index (χ0n) is 7.55. The molecule has 0 aromatic rings. The lowest BCUT2D eigenvalue weighted by Crippen LogP contribution is -2.29. The molecule has 1 aliphatic rings. The van der Waals surface area contributed by atoms with Crippen LogP contribution in [0.1, 0.15) is 13.8 Å². The number of hydrogen-bond donors (Lipinski definition) is 4. The molecule has 0 aliphatic heterocycles. The highest BCUT2D eigenvalue weighted by atomic mass is 32.1. The monoisotopic (exact) mass is 196 g/mol. The molecular formula is C8H12N4S. The summed E-state index contributed by atoms with van der Waals surface area (Å²) in [5, 5.41) is 7.70. The average molecular weight is 196 g/mol. The Hall–Kier alpha value is -1.23. The van der Waals surface area contributed by atoms with Crippen molar-refractivity contribution in [2.24, 2.45) is 15.9 Å². The van der Waals surface area contributed by atoms with Gasteiger partial charge >= 0.3 is 0 Å². The first-order valence-corrected chi connectivity index (χ1v) is 4.15.